The Balaban J connectivity index is 2.23. The molecule has 0 bridgehead atoms. The van der Waals surface area contributed by atoms with Gasteiger partial charge in [0.05, 0.1) is 22.3 Å². The molecule has 2 aromatic heterocycles. The Kier molecular flexibility index (Phi) is 2.78. The van der Waals surface area contributed by atoms with Gasteiger partial charge in [0.1, 0.15) is 11.3 Å². The highest BCUT2D eigenvalue weighted by Crippen LogP contribution is 2.25. The Labute approximate surface area is 115 Å². The number of nitrogens with one attached hydrogen (secondary N) is 1. The van der Waals surface area contributed by atoms with Gasteiger partial charge in [-0.25, -0.2) is 9.78 Å². The number of carboxylic acids is 1. The molecule has 2 heterocycles. The second-order valence-corrected chi connectivity index (χ2v) is 4.61. The predicted octanol–water partition coefficient (Wildman–Crippen LogP) is 2.22. The summed E-state index contributed by atoms with van der Waals surface area (Å²) in [4.78, 5) is 18.8. The number of hydrogen-bond acceptors (Lipinski definition) is 3. The van der Waals surface area contributed by atoms with Crippen LogP contribution in [0.1, 0.15) is 23.0 Å². The van der Waals surface area contributed by atoms with Crippen molar-refractivity contribution in [2.75, 3.05) is 0 Å². The van der Waals surface area contributed by atoms with Crippen molar-refractivity contribution in [3.63, 3.8) is 0 Å². The molecule has 3 aromatic rings. The molecule has 0 fully saturated rings. The summed E-state index contributed by atoms with van der Waals surface area (Å²) in [5.41, 5.74) is 3.23. The molecular weight excluding hydrogens is 256 g/mol. The minimum absolute atomic E-state index is 0.201. The fourth-order valence-electron chi connectivity index (χ4n) is 2.33. The molecule has 3 rings (SSSR count). The number of H-pyrrole nitrogens is 1. The van der Waals surface area contributed by atoms with Crippen molar-refractivity contribution in [1.29, 1.82) is 0 Å². The van der Waals surface area contributed by atoms with Gasteiger partial charge in [-0.2, -0.15) is 5.10 Å². The number of imidazole rings is 1. The first-order valence-electron chi connectivity index (χ1n) is 6.35. The van der Waals surface area contributed by atoms with Gasteiger partial charge in [-0.15, -0.1) is 0 Å². The van der Waals surface area contributed by atoms with E-state index in [4.69, 9.17) is 0 Å². The third-order valence-corrected chi connectivity index (χ3v) is 3.24. The number of para-hydroxylation sites is 1. The van der Waals surface area contributed by atoms with Crippen LogP contribution in [-0.4, -0.2) is 30.8 Å². The molecule has 0 spiro atoms. The third-order valence-electron chi connectivity index (χ3n) is 3.24. The smallest absolute Gasteiger partial charge is 0.337 e. The molecule has 20 heavy (non-hydrogen) atoms. The minimum atomic E-state index is -0.976. The van der Waals surface area contributed by atoms with Crippen molar-refractivity contribution < 1.29 is 9.90 Å². The van der Waals surface area contributed by atoms with E-state index in [1.54, 1.807) is 16.8 Å². The van der Waals surface area contributed by atoms with Crippen LogP contribution in [-0.2, 0) is 13.5 Å². The lowest BCUT2D eigenvalue weighted by Gasteiger charge is -1.94. The van der Waals surface area contributed by atoms with Crippen LogP contribution in [0.4, 0.5) is 0 Å². The Bertz CT molecular complexity index is 801. The number of hydrogen-bond donors (Lipinski definition) is 2. The van der Waals surface area contributed by atoms with E-state index in [1.165, 1.54) is 0 Å². The Hall–Kier alpha value is -2.63. The lowest BCUT2D eigenvalue weighted by atomic mass is 10.2. The molecule has 0 saturated heterocycles. The average Bonchev–Trinajstić information content (AvgIpc) is 3.00. The van der Waals surface area contributed by atoms with Gasteiger partial charge in [0, 0.05) is 13.2 Å². The summed E-state index contributed by atoms with van der Waals surface area (Å²) < 4.78 is 1.74. The number of rotatable bonds is 3. The van der Waals surface area contributed by atoms with Crippen LogP contribution in [0.15, 0.2) is 24.4 Å². The maximum atomic E-state index is 11.2. The van der Waals surface area contributed by atoms with Crippen molar-refractivity contribution in [1.82, 2.24) is 19.7 Å². The van der Waals surface area contributed by atoms with E-state index < -0.39 is 5.97 Å². The molecule has 0 atom stereocenters. The summed E-state index contributed by atoms with van der Waals surface area (Å²) in [7, 11) is 1.86. The van der Waals surface area contributed by atoms with Gasteiger partial charge in [0.25, 0.3) is 0 Å². The number of aromatic nitrogens is 4. The standard InChI is InChI=1S/C14H14N4O2/c1-3-10-9(7-18(2)17-10)13-15-11-6-4-5-8(14(19)20)12(11)16-13/h4-7H,3H2,1-2H3,(H,15,16)(H,19,20). The maximum absolute atomic E-state index is 11.2. The van der Waals surface area contributed by atoms with E-state index in [1.807, 2.05) is 26.2 Å². The van der Waals surface area contributed by atoms with E-state index in [0.29, 0.717) is 16.9 Å². The van der Waals surface area contributed by atoms with E-state index >= 15 is 0 Å². The largest absolute Gasteiger partial charge is 0.478 e. The Morgan fingerprint density at radius 2 is 2.25 bits per heavy atom. The van der Waals surface area contributed by atoms with Gasteiger partial charge < -0.3 is 10.1 Å². The number of nitrogens with zero attached hydrogens (tertiary/aromatic N) is 3. The molecule has 0 radical (unpaired) electrons. The molecule has 2 N–H and O–H groups in total. The summed E-state index contributed by atoms with van der Waals surface area (Å²) in [6.07, 6.45) is 2.68. The lowest BCUT2D eigenvalue weighted by molar-refractivity contribution is 0.0699. The number of aromatic carboxylic acids is 1. The highest BCUT2D eigenvalue weighted by Gasteiger charge is 2.16. The number of carboxylic acid groups (broad SMARTS) is 1. The Morgan fingerprint density at radius 1 is 1.45 bits per heavy atom. The normalized spacial score (nSPS) is 11.1. The first kappa shape index (κ1) is 12.4. The van der Waals surface area contributed by atoms with Gasteiger partial charge >= 0.3 is 5.97 Å². The topological polar surface area (TPSA) is 83.8 Å². The third kappa shape index (κ3) is 1.85. The van der Waals surface area contributed by atoms with Crippen LogP contribution < -0.4 is 0 Å². The SMILES string of the molecule is CCc1nn(C)cc1-c1nc2c(C(=O)O)cccc2[nH]1. The zero-order valence-corrected chi connectivity index (χ0v) is 11.2. The van der Waals surface area contributed by atoms with Crippen LogP contribution in [0.5, 0.6) is 0 Å². The molecule has 0 aliphatic heterocycles. The van der Waals surface area contributed by atoms with Gasteiger partial charge in [-0.3, -0.25) is 4.68 Å². The molecule has 0 amide bonds. The van der Waals surface area contributed by atoms with Crippen molar-refractivity contribution in [3.05, 3.63) is 35.7 Å². The number of aryl methyl sites for hydroxylation is 2. The van der Waals surface area contributed by atoms with Gasteiger partial charge in [-0.05, 0) is 18.6 Å². The van der Waals surface area contributed by atoms with Crippen molar-refractivity contribution in [3.8, 4) is 11.4 Å². The van der Waals surface area contributed by atoms with E-state index in [0.717, 1.165) is 17.7 Å². The molecule has 1 aromatic carbocycles. The number of fused-ring (bicyclic) bond motifs is 1. The maximum Gasteiger partial charge on any atom is 0.337 e. The molecule has 6 heteroatoms. The zero-order valence-electron chi connectivity index (χ0n) is 11.2. The fraction of sp³-hybridized carbons (Fsp3) is 0.214. The first-order valence-corrected chi connectivity index (χ1v) is 6.35. The van der Waals surface area contributed by atoms with Crippen molar-refractivity contribution >= 4 is 17.0 Å². The number of carbonyl (C=O) groups is 1. The molecule has 6 nitrogen and oxygen atoms in total. The molecule has 0 aliphatic rings. The quantitative estimate of drug-likeness (QED) is 0.764. The van der Waals surface area contributed by atoms with Gasteiger partial charge in [-0.1, -0.05) is 13.0 Å². The molecule has 0 unspecified atom stereocenters. The van der Waals surface area contributed by atoms with Crippen LogP contribution >= 0.6 is 0 Å². The summed E-state index contributed by atoms with van der Waals surface area (Å²) in [5, 5.41) is 13.6. The van der Waals surface area contributed by atoms with Crippen molar-refractivity contribution in [2.24, 2.45) is 7.05 Å². The Morgan fingerprint density at radius 3 is 2.95 bits per heavy atom. The fourth-order valence-corrected chi connectivity index (χ4v) is 2.33. The summed E-state index contributed by atoms with van der Waals surface area (Å²) >= 11 is 0. The lowest BCUT2D eigenvalue weighted by Crippen LogP contribution is -1.96. The summed E-state index contributed by atoms with van der Waals surface area (Å²) in [6, 6.07) is 5.08. The van der Waals surface area contributed by atoms with Crippen molar-refractivity contribution in [2.45, 2.75) is 13.3 Å². The molecule has 0 aliphatic carbocycles. The number of benzene rings is 1. The monoisotopic (exact) mass is 270 g/mol. The summed E-state index contributed by atoms with van der Waals surface area (Å²) in [5.74, 6) is -0.325. The first-order chi connectivity index (χ1) is 9.60. The molecule has 102 valence electrons. The highest BCUT2D eigenvalue weighted by molar-refractivity contribution is 6.01. The van der Waals surface area contributed by atoms with E-state index in [-0.39, 0.29) is 5.56 Å². The molecular formula is C14H14N4O2. The predicted molar refractivity (Wildman–Crippen MR) is 74.6 cm³/mol. The van der Waals surface area contributed by atoms with Crippen LogP contribution in [0.3, 0.4) is 0 Å². The highest BCUT2D eigenvalue weighted by atomic mass is 16.4. The van der Waals surface area contributed by atoms with Crippen LogP contribution in [0.25, 0.3) is 22.4 Å². The van der Waals surface area contributed by atoms with Gasteiger partial charge in [0.2, 0.25) is 0 Å². The minimum Gasteiger partial charge on any atom is -0.478 e. The number of aromatic amines is 1. The summed E-state index contributed by atoms with van der Waals surface area (Å²) in [6.45, 7) is 2.02. The second kappa shape index (κ2) is 4.48. The van der Waals surface area contributed by atoms with Crippen LogP contribution in [0, 0.1) is 0 Å². The van der Waals surface area contributed by atoms with Crippen LogP contribution in [0.2, 0.25) is 0 Å². The van der Waals surface area contributed by atoms with E-state index in [2.05, 4.69) is 15.1 Å². The molecule has 0 saturated carbocycles. The zero-order chi connectivity index (χ0) is 14.3. The van der Waals surface area contributed by atoms with E-state index in [9.17, 15) is 9.90 Å². The second-order valence-electron chi connectivity index (χ2n) is 4.61. The van der Waals surface area contributed by atoms with Gasteiger partial charge in [0.15, 0.2) is 0 Å². The average molecular weight is 270 g/mol.